The molecule has 0 fully saturated rings. The summed E-state index contributed by atoms with van der Waals surface area (Å²) in [5.41, 5.74) is -0.885. The lowest BCUT2D eigenvalue weighted by Gasteiger charge is -2.17. The van der Waals surface area contributed by atoms with E-state index in [0.717, 1.165) is 17.4 Å². The second kappa shape index (κ2) is 5.79. The molecule has 1 heterocycles. The molecule has 1 rings (SSSR count). The Balaban J connectivity index is 2.51. The second-order valence-electron chi connectivity index (χ2n) is 4.10. The summed E-state index contributed by atoms with van der Waals surface area (Å²) in [7, 11) is 0. The maximum absolute atomic E-state index is 11.4. The molecule has 1 aromatic heterocycles. The van der Waals surface area contributed by atoms with Gasteiger partial charge in [-0.2, -0.15) is 0 Å². The Morgan fingerprint density at radius 2 is 2.22 bits per heavy atom. The summed E-state index contributed by atoms with van der Waals surface area (Å²) < 4.78 is 0. The molecule has 1 atom stereocenters. The van der Waals surface area contributed by atoms with Crippen LogP contribution < -0.4 is 5.32 Å². The van der Waals surface area contributed by atoms with Crippen molar-refractivity contribution < 1.29 is 19.8 Å². The SMILES string of the molecule is Cc1ccsc1C=CC(=O)NCC(C)(O)C(=O)O. The van der Waals surface area contributed by atoms with Crippen molar-refractivity contribution >= 4 is 29.3 Å². The summed E-state index contributed by atoms with van der Waals surface area (Å²) in [6, 6.07) is 1.94. The number of carbonyl (C=O) groups is 2. The normalized spacial score (nSPS) is 14.4. The first-order chi connectivity index (χ1) is 8.33. The van der Waals surface area contributed by atoms with Gasteiger partial charge in [-0.3, -0.25) is 4.79 Å². The highest BCUT2D eigenvalue weighted by Crippen LogP contribution is 2.16. The molecule has 0 saturated heterocycles. The van der Waals surface area contributed by atoms with Crippen molar-refractivity contribution in [3.63, 3.8) is 0 Å². The van der Waals surface area contributed by atoms with E-state index in [0.29, 0.717) is 0 Å². The van der Waals surface area contributed by atoms with E-state index in [4.69, 9.17) is 5.11 Å². The van der Waals surface area contributed by atoms with Crippen LogP contribution in [0.5, 0.6) is 0 Å². The third kappa shape index (κ3) is 3.97. The number of aliphatic carboxylic acids is 1. The van der Waals surface area contributed by atoms with Gasteiger partial charge in [-0.1, -0.05) is 0 Å². The maximum atomic E-state index is 11.4. The highest BCUT2D eigenvalue weighted by Gasteiger charge is 2.29. The molecule has 0 aliphatic carbocycles. The van der Waals surface area contributed by atoms with Crippen LogP contribution in [0.4, 0.5) is 0 Å². The number of hydrogen-bond acceptors (Lipinski definition) is 4. The van der Waals surface area contributed by atoms with Gasteiger partial charge in [0.1, 0.15) is 0 Å². The lowest BCUT2D eigenvalue weighted by atomic mass is 10.1. The number of carboxylic acids is 1. The first kappa shape index (κ1) is 14.4. The van der Waals surface area contributed by atoms with Gasteiger partial charge in [-0.15, -0.1) is 11.3 Å². The average Bonchev–Trinajstić information content (AvgIpc) is 2.69. The molecular formula is C12H15NO4S. The highest BCUT2D eigenvalue weighted by molar-refractivity contribution is 7.11. The third-order valence-corrected chi connectivity index (χ3v) is 3.34. The molecule has 0 aliphatic heterocycles. The molecule has 1 unspecified atom stereocenters. The predicted molar refractivity (Wildman–Crippen MR) is 69.4 cm³/mol. The van der Waals surface area contributed by atoms with Gasteiger partial charge in [0.05, 0.1) is 6.54 Å². The van der Waals surface area contributed by atoms with Crippen LogP contribution in [-0.2, 0) is 9.59 Å². The van der Waals surface area contributed by atoms with Gasteiger partial charge in [0.2, 0.25) is 5.91 Å². The number of thiophene rings is 1. The number of nitrogens with one attached hydrogen (secondary N) is 1. The summed E-state index contributed by atoms with van der Waals surface area (Å²) in [6.45, 7) is 2.72. The fourth-order valence-electron chi connectivity index (χ4n) is 1.10. The molecule has 0 aliphatic rings. The first-order valence-electron chi connectivity index (χ1n) is 5.29. The van der Waals surface area contributed by atoms with E-state index in [1.807, 2.05) is 18.4 Å². The van der Waals surface area contributed by atoms with Crippen LogP contribution in [-0.4, -0.2) is 34.2 Å². The monoisotopic (exact) mass is 269 g/mol. The topological polar surface area (TPSA) is 86.6 Å². The van der Waals surface area contributed by atoms with Crippen LogP contribution in [0.2, 0.25) is 0 Å². The molecule has 5 nitrogen and oxygen atoms in total. The molecule has 3 N–H and O–H groups in total. The number of aliphatic hydroxyl groups is 1. The Kier molecular flexibility index (Phi) is 4.63. The molecule has 0 spiro atoms. The van der Waals surface area contributed by atoms with Crippen molar-refractivity contribution in [1.82, 2.24) is 5.32 Å². The van der Waals surface area contributed by atoms with Crippen molar-refractivity contribution in [2.24, 2.45) is 0 Å². The fourth-order valence-corrected chi connectivity index (χ4v) is 1.92. The van der Waals surface area contributed by atoms with E-state index >= 15 is 0 Å². The van der Waals surface area contributed by atoms with Crippen LogP contribution in [0.1, 0.15) is 17.4 Å². The molecule has 6 heteroatoms. The number of hydrogen-bond donors (Lipinski definition) is 3. The second-order valence-corrected chi connectivity index (χ2v) is 5.05. The number of aryl methyl sites for hydroxylation is 1. The third-order valence-electron chi connectivity index (χ3n) is 2.36. The van der Waals surface area contributed by atoms with E-state index in [9.17, 15) is 14.7 Å². The molecule has 1 aromatic rings. The smallest absolute Gasteiger partial charge is 0.337 e. The maximum Gasteiger partial charge on any atom is 0.337 e. The van der Waals surface area contributed by atoms with Crippen molar-refractivity contribution in [2.75, 3.05) is 6.54 Å². The summed E-state index contributed by atoms with van der Waals surface area (Å²) in [5.74, 6) is -1.81. The summed E-state index contributed by atoms with van der Waals surface area (Å²) in [5, 5.41) is 22.3. The van der Waals surface area contributed by atoms with E-state index in [-0.39, 0.29) is 6.54 Å². The van der Waals surface area contributed by atoms with Crippen molar-refractivity contribution in [1.29, 1.82) is 0 Å². The average molecular weight is 269 g/mol. The highest BCUT2D eigenvalue weighted by atomic mass is 32.1. The van der Waals surface area contributed by atoms with E-state index < -0.39 is 17.5 Å². The Bertz CT molecular complexity index is 476. The molecule has 0 saturated carbocycles. The summed E-state index contributed by atoms with van der Waals surface area (Å²) in [6.07, 6.45) is 2.97. The number of carbonyl (C=O) groups excluding carboxylic acids is 1. The minimum Gasteiger partial charge on any atom is -0.479 e. The largest absolute Gasteiger partial charge is 0.479 e. The van der Waals surface area contributed by atoms with Crippen LogP contribution in [0, 0.1) is 6.92 Å². The molecule has 98 valence electrons. The van der Waals surface area contributed by atoms with E-state index in [2.05, 4.69) is 5.32 Å². The van der Waals surface area contributed by atoms with E-state index in [1.54, 1.807) is 6.08 Å². The van der Waals surface area contributed by atoms with Gasteiger partial charge in [0.25, 0.3) is 0 Å². The van der Waals surface area contributed by atoms with Crippen molar-refractivity contribution in [3.05, 3.63) is 28.0 Å². The lowest BCUT2D eigenvalue weighted by molar-refractivity contribution is -0.156. The van der Waals surface area contributed by atoms with Gasteiger partial charge < -0.3 is 15.5 Å². The van der Waals surface area contributed by atoms with Gasteiger partial charge in [0, 0.05) is 11.0 Å². The zero-order valence-corrected chi connectivity index (χ0v) is 11.0. The Labute approximate surface area is 109 Å². The number of carboxylic acid groups (broad SMARTS) is 1. The molecule has 0 bridgehead atoms. The fraction of sp³-hybridized carbons (Fsp3) is 0.333. The van der Waals surface area contributed by atoms with Gasteiger partial charge in [-0.25, -0.2) is 4.79 Å². The summed E-state index contributed by atoms with van der Waals surface area (Å²) >= 11 is 1.51. The lowest BCUT2D eigenvalue weighted by Crippen LogP contribution is -2.46. The van der Waals surface area contributed by atoms with Crippen LogP contribution in [0.25, 0.3) is 6.08 Å². The molecule has 18 heavy (non-hydrogen) atoms. The van der Waals surface area contributed by atoms with Gasteiger partial charge in [0.15, 0.2) is 5.60 Å². The Morgan fingerprint density at radius 3 is 2.72 bits per heavy atom. The molecule has 0 aromatic carbocycles. The Morgan fingerprint density at radius 1 is 1.56 bits per heavy atom. The number of rotatable bonds is 5. The Hall–Kier alpha value is -1.66. The standard InChI is InChI=1S/C12H15NO4S/c1-8-5-6-18-9(8)3-4-10(14)13-7-12(2,17)11(15)16/h3-6,17H,7H2,1-2H3,(H,13,14)(H,15,16). The summed E-state index contributed by atoms with van der Waals surface area (Å²) in [4.78, 5) is 23.0. The zero-order chi connectivity index (χ0) is 13.8. The van der Waals surface area contributed by atoms with Crippen molar-refractivity contribution in [2.45, 2.75) is 19.4 Å². The number of amides is 1. The van der Waals surface area contributed by atoms with Gasteiger partial charge >= 0.3 is 5.97 Å². The minimum atomic E-state index is -1.96. The van der Waals surface area contributed by atoms with E-state index in [1.165, 1.54) is 17.4 Å². The quantitative estimate of drug-likeness (QED) is 0.697. The van der Waals surface area contributed by atoms with Gasteiger partial charge in [-0.05, 0) is 36.9 Å². The first-order valence-corrected chi connectivity index (χ1v) is 6.16. The molecular weight excluding hydrogens is 254 g/mol. The van der Waals surface area contributed by atoms with Crippen LogP contribution in [0.3, 0.4) is 0 Å². The van der Waals surface area contributed by atoms with Crippen LogP contribution >= 0.6 is 11.3 Å². The van der Waals surface area contributed by atoms with Crippen molar-refractivity contribution in [3.8, 4) is 0 Å². The molecule has 1 amide bonds. The minimum absolute atomic E-state index is 0.338. The molecule has 0 radical (unpaired) electrons. The van der Waals surface area contributed by atoms with Crippen LogP contribution in [0.15, 0.2) is 17.5 Å². The predicted octanol–water partition coefficient (Wildman–Crippen LogP) is 1.02. The zero-order valence-electron chi connectivity index (χ0n) is 10.1.